The molecule has 1 aromatic carbocycles. The van der Waals surface area contributed by atoms with Gasteiger partial charge in [0, 0.05) is 30.1 Å². The van der Waals surface area contributed by atoms with Crippen LogP contribution in [0.15, 0.2) is 18.2 Å². The summed E-state index contributed by atoms with van der Waals surface area (Å²) in [6.45, 7) is 3.15. The number of carbonyl (C=O) groups is 2. The summed E-state index contributed by atoms with van der Waals surface area (Å²) in [6.07, 6.45) is 6.82. The highest BCUT2D eigenvalue weighted by atomic mass is 35.5. The highest BCUT2D eigenvalue weighted by molar-refractivity contribution is 6.42. The van der Waals surface area contributed by atoms with Crippen molar-refractivity contribution in [1.29, 1.82) is 0 Å². The zero-order valence-electron chi connectivity index (χ0n) is 15.6. The molecule has 4 nitrogen and oxygen atoms in total. The van der Waals surface area contributed by atoms with Gasteiger partial charge in [0.05, 0.1) is 10.0 Å². The van der Waals surface area contributed by atoms with Crippen LogP contribution in [-0.2, 0) is 4.79 Å². The van der Waals surface area contributed by atoms with Gasteiger partial charge in [0.15, 0.2) is 0 Å². The first-order valence-electron chi connectivity index (χ1n) is 9.99. The number of carbonyl (C=O) groups excluding carboxylic acids is 2. The van der Waals surface area contributed by atoms with Crippen LogP contribution >= 0.6 is 23.2 Å². The van der Waals surface area contributed by atoms with Crippen LogP contribution in [0.3, 0.4) is 0 Å². The Kier molecular flexibility index (Phi) is 5.15. The zero-order valence-corrected chi connectivity index (χ0v) is 17.2. The van der Waals surface area contributed by atoms with Crippen molar-refractivity contribution in [2.24, 2.45) is 11.8 Å². The van der Waals surface area contributed by atoms with Gasteiger partial charge in [-0.25, -0.2) is 0 Å². The average molecular weight is 409 g/mol. The molecule has 3 fully saturated rings. The molecule has 2 heterocycles. The van der Waals surface area contributed by atoms with Crippen LogP contribution in [0.25, 0.3) is 0 Å². The summed E-state index contributed by atoms with van der Waals surface area (Å²) in [5.74, 6) is 1.03. The van der Waals surface area contributed by atoms with Crippen LogP contribution in [0.1, 0.15) is 62.2 Å². The molecule has 4 rings (SSSR count). The van der Waals surface area contributed by atoms with Gasteiger partial charge in [-0.15, -0.1) is 0 Å². The maximum Gasteiger partial charge on any atom is 0.251 e. The van der Waals surface area contributed by atoms with Crippen LogP contribution in [-0.4, -0.2) is 34.8 Å². The first kappa shape index (κ1) is 19.1. The third-order valence-electron chi connectivity index (χ3n) is 7.08. The van der Waals surface area contributed by atoms with E-state index in [9.17, 15) is 9.59 Å². The van der Waals surface area contributed by atoms with Crippen molar-refractivity contribution in [3.63, 3.8) is 0 Å². The Hall–Kier alpha value is -1.26. The first-order chi connectivity index (χ1) is 12.9. The van der Waals surface area contributed by atoms with E-state index < -0.39 is 0 Å². The lowest BCUT2D eigenvalue weighted by molar-refractivity contribution is -0.138. The molecule has 0 bridgehead atoms. The molecule has 0 radical (unpaired) electrons. The third-order valence-corrected chi connectivity index (χ3v) is 7.82. The number of hydrogen-bond acceptors (Lipinski definition) is 2. The summed E-state index contributed by atoms with van der Waals surface area (Å²) < 4.78 is 0. The van der Waals surface area contributed by atoms with Crippen LogP contribution in [0.2, 0.25) is 10.0 Å². The fourth-order valence-corrected chi connectivity index (χ4v) is 6.07. The molecule has 1 saturated carbocycles. The van der Waals surface area contributed by atoms with Crippen LogP contribution in [0, 0.1) is 11.8 Å². The fraction of sp³-hybridized carbons (Fsp3) is 0.619. The molecule has 27 heavy (non-hydrogen) atoms. The highest BCUT2D eigenvalue weighted by Crippen LogP contribution is 2.51. The second-order valence-corrected chi connectivity index (χ2v) is 9.17. The monoisotopic (exact) mass is 408 g/mol. The van der Waals surface area contributed by atoms with E-state index in [1.54, 1.807) is 18.2 Å². The molecule has 2 amide bonds. The molecular weight excluding hydrogens is 383 g/mol. The Morgan fingerprint density at radius 3 is 2.78 bits per heavy atom. The summed E-state index contributed by atoms with van der Waals surface area (Å²) in [5.41, 5.74) is 0.563. The molecule has 1 aromatic rings. The van der Waals surface area contributed by atoms with E-state index in [0.29, 0.717) is 39.8 Å². The Bertz CT molecular complexity index is 769. The standard InChI is InChI=1S/C21H26Cl2N2O2/c1-13-15-4-2-5-19(26)25-11-3-9-21(15,25)10-8-18(13)24-20(27)14-6-7-16(22)17(23)12-14/h6-7,12-13,15,18H,2-5,8-11H2,1H3,(H,24,27)/t13-,15+,18-,21-/m1/s1. The maximum absolute atomic E-state index is 12.8. The minimum atomic E-state index is -0.102. The number of benzene rings is 1. The molecule has 0 aromatic heterocycles. The van der Waals surface area contributed by atoms with Gasteiger partial charge >= 0.3 is 0 Å². The predicted octanol–water partition coefficient (Wildman–Crippen LogP) is 4.68. The molecule has 3 aliphatic rings. The third kappa shape index (κ3) is 3.25. The minimum absolute atomic E-state index is 0.0256. The summed E-state index contributed by atoms with van der Waals surface area (Å²) in [5, 5.41) is 4.07. The number of rotatable bonds is 2. The van der Waals surface area contributed by atoms with E-state index in [0.717, 1.165) is 45.1 Å². The predicted molar refractivity (Wildman–Crippen MR) is 107 cm³/mol. The zero-order chi connectivity index (χ0) is 19.2. The van der Waals surface area contributed by atoms with E-state index >= 15 is 0 Å². The van der Waals surface area contributed by atoms with Crippen LogP contribution < -0.4 is 5.32 Å². The Morgan fingerprint density at radius 1 is 1.19 bits per heavy atom. The number of nitrogens with one attached hydrogen (secondary N) is 1. The number of hydrogen-bond donors (Lipinski definition) is 1. The van der Waals surface area contributed by atoms with E-state index in [1.165, 1.54) is 0 Å². The molecule has 1 aliphatic carbocycles. The molecule has 2 aliphatic heterocycles. The van der Waals surface area contributed by atoms with Gasteiger partial charge in [-0.1, -0.05) is 30.1 Å². The second kappa shape index (κ2) is 7.29. The van der Waals surface area contributed by atoms with Gasteiger partial charge in [-0.05, 0) is 68.6 Å². The average Bonchev–Trinajstić information content (AvgIpc) is 3.01. The van der Waals surface area contributed by atoms with Gasteiger partial charge in [-0.3, -0.25) is 9.59 Å². The summed E-state index contributed by atoms with van der Waals surface area (Å²) in [6, 6.07) is 5.11. The molecule has 2 saturated heterocycles. The number of nitrogens with zero attached hydrogens (tertiary/aromatic N) is 1. The van der Waals surface area contributed by atoms with Crippen LogP contribution in [0.4, 0.5) is 0 Å². The van der Waals surface area contributed by atoms with E-state index in [1.807, 2.05) is 0 Å². The van der Waals surface area contributed by atoms with Gasteiger partial charge < -0.3 is 10.2 Å². The lowest BCUT2D eigenvalue weighted by atomic mass is 9.63. The fourth-order valence-electron chi connectivity index (χ4n) is 5.78. The van der Waals surface area contributed by atoms with Crippen molar-refractivity contribution >= 4 is 35.0 Å². The lowest BCUT2D eigenvalue weighted by Gasteiger charge is -2.52. The molecule has 1 spiro atoms. The van der Waals surface area contributed by atoms with Gasteiger partial charge in [0.1, 0.15) is 0 Å². The highest BCUT2D eigenvalue weighted by Gasteiger charge is 2.55. The largest absolute Gasteiger partial charge is 0.349 e. The van der Waals surface area contributed by atoms with E-state index in [4.69, 9.17) is 23.2 Å². The van der Waals surface area contributed by atoms with Gasteiger partial charge in [0.25, 0.3) is 5.91 Å². The Labute approximate surface area is 170 Å². The van der Waals surface area contributed by atoms with Gasteiger partial charge in [0.2, 0.25) is 5.91 Å². The molecule has 1 N–H and O–H groups in total. The van der Waals surface area contributed by atoms with Crippen molar-refractivity contribution < 1.29 is 9.59 Å². The molecule has 6 heteroatoms. The van der Waals surface area contributed by atoms with Crippen molar-refractivity contribution in [2.75, 3.05) is 6.54 Å². The summed E-state index contributed by atoms with van der Waals surface area (Å²) in [7, 11) is 0. The van der Waals surface area contributed by atoms with Crippen molar-refractivity contribution in [1.82, 2.24) is 10.2 Å². The van der Waals surface area contributed by atoms with E-state index in [-0.39, 0.29) is 17.5 Å². The Balaban J connectivity index is 1.52. The van der Waals surface area contributed by atoms with Gasteiger partial charge in [-0.2, -0.15) is 0 Å². The smallest absolute Gasteiger partial charge is 0.251 e. The molecular formula is C21H26Cl2N2O2. The number of amides is 2. The lowest BCUT2D eigenvalue weighted by Crippen LogP contribution is -2.59. The summed E-state index contributed by atoms with van der Waals surface area (Å²) >= 11 is 12.0. The van der Waals surface area contributed by atoms with Crippen molar-refractivity contribution in [3.8, 4) is 0 Å². The van der Waals surface area contributed by atoms with Crippen molar-refractivity contribution in [3.05, 3.63) is 33.8 Å². The Morgan fingerprint density at radius 2 is 2.00 bits per heavy atom. The second-order valence-electron chi connectivity index (χ2n) is 8.36. The van der Waals surface area contributed by atoms with E-state index in [2.05, 4.69) is 17.1 Å². The summed E-state index contributed by atoms with van der Waals surface area (Å²) in [4.78, 5) is 27.5. The normalized spacial score (nSPS) is 33.2. The molecule has 4 atom stereocenters. The maximum atomic E-state index is 12.8. The molecule has 0 unspecified atom stereocenters. The van der Waals surface area contributed by atoms with Crippen LogP contribution in [0.5, 0.6) is 0 Å². The topological polar surface area (TPSA) is 49.4 Å². The number of halogens is 2. The quantitative estimate of drug-likeness (QED) is 0.771. The minimum Gasteiger partial charge on any atom is -0.349 e. The van der Waals surface area contributed by atoms with Crippen molar-refractivity contribution in [2.45, 2.75) is 63.5 Å². The molecule has 146 valence electrons. The SMILES string of the molecule is C[C@H]1[C@H](NC(=O)c2ccc(Cl)c(Cl)c2)CC[C@@]23CCCN2C(=O)CCC[C@@H]13. The first-order valence-corrected chi connectivity index (χ1v) is 10.7.